The zero-order chi connectivity index (χ0) is 24.8. The normalized spacial score (nSPS) is 14.9. The average Bonchev–Trinajstić information content (AvgIpc) is 3.24. The summed E-state index contributed by atoms with van der Waals surface area (Å²) in [6.07, 6.45) is 0.828. The summed E-state index contributed by atoms with van der Waals surface area (Å²) in [5.41, 5.74) is 0.996. The predicted octanol–water partition coefficient (Wildman–Crippen LogP) is 4.35. The third kappa shape index (κ3) is 6.75. The number of hydrogen-bond acceptors (Lipinski definition) is 7. The minimum atomic E-state index is -0.440. The number of benzene rings is 1. The summed E-state index contributed by atoms with van der Waals surface area (Å²) >= 11 is 7.10. The Balaban J connectivity index is 1.26. The number of hydrogen-bond donors (Lipinski definition) is 2. The van der Waals surface area contributed by atoms with Gasteiger partial charge in [-0.2, -0.15) is 0 Å². The molecule has 1 aromatic carbocycles. The van der Waals surface area contributed by atoms with Gasteiger partial charge in [0.2, 0.25) is 0 Å². The summed E-state index contributed by atoms with van der Waals surface area (Å²) < 4.78 is 26.7. The van der Waals surface area contributed by atoms with Crippen LogP contribution in [0.5, 0.6) is 0 Å². The number of alkyl halides is 1. The number of anilines is 3. The number of fused-ring (bicyclic) bond motifs is 1. The minimum Gasteiger partial charge on any atom is -0.338 e. The molecule has 1 saturated heterocycles. The molecule has 1 aliphatic heterocycles. The van der Waals surface area contributed by atoms with Crippen molar-refractivity contribution in [2.24, 2.45) is 0 Å². The monoisotopic (exact) mass is 523 g/mol. The van der Waals surface area contributed by atoms with Gasteiger partial charge >= 0.3 is 6.03 Å². The standard InChI is InChI=1S/C23H28ClF2N7OS/c1-31(19-5-3-16(24)15-17(19)26)20-6-4-18-21(29-20)35-23(28-18)30-22(34)27-8-2-9-32-11-13-33(10-7-25)14-12-32/h3-6,15H,2,7-14H2,1H3,(H2,27,28,30,34). The third-order valence-electron chi connectivity index (χ3n) is 5.88. The van der Waals surface area contributed by atoms with Crippen LogP contribution in [0.15, 0.2) is 30.3 Å². The molecule has 188 valence electrons. The second kappa shape index (κ2) is 11.9. The van der Waals surface area contributed by atoms with Crippen LogP contribution in [0.2, 0.25) is 5.02 Å². The van der Waals surface area contributed by atoms with E-state index in [1.807, 2.05) is 0 Å². The molecule has 1 fully saturated rings. The van der Waals surface area contributed by atoms with Crippen molar-refractivity contribution in [3.05, 3.63) is 41.2 Å². The Morgan fingerprint density at radius 3 is 2.60 bits per heavy atom. The van der Waals surface area contributed by atoms with Crippen LogP contribution in [0.4, 0.5) is 30.2 Å². The van der Waals surface area contributed by atoms with E-state index in [4.69, 9.17) is 11.6 Å². The number of halogens is 3. The first-order valence-electron chi connectivity index (χ1n) is 11.4. The van der Waals surface area contributed by atoms with Crippen LogP contribution in [0.3, 0.4) is 0 Å². The molecule has 3 aromatic rings. The first-order valence-corrected chi connectivity index (χ1v) is 12.6. The van der Waals surface area contributed by atoms with E-state index >= 15 is 0 Å². The van der Waals surface area contributed by atoms with E-state index < -0.39 is 5.82 Å². The minimum absolute atomic E-state index is 0.300. The van der Waals surface area contributed by atoms with Gasteiger partial charge in [0, 0.05) is 51.3 Å². The molecular weight excluding hydrogens is 496 g/mol. The summed E-state index contributed by atoms with van der Waals surface area (Å²) in [5, 5.41) is 6.38. The van der Waals surface area contributed by atoms with Gasteiger partial charge in [0.15, 0.2) is 5.13 Å². The van der Waals surface area contributed by atoms with Gasteiger partial charge < -0.3 is 15.1 Å². The van der Waals surface area contributed by atoms with Crippen LogP contribution < -0.4 is 15.5 Å². The van der Waals surface area contributed by atoms with Gasteiger partial charge in [0.05, 0.1) is 5.69 Å². The Kier molecular flexibility index (Phi) is 8.66. The molecule has 0 saturated carbocycles. The zero-order valence-corrected chi connectivity index (χ0v) is 21.0. The molecule has 0 unspecified atom stereocenters. The molecule has 35 heavy (non-hydrogen) atoms. The molecule has 0 atom stereocenters. The van der Waals surface area contributed by atoms with Crippen LogP contribution in [0, 0.1) is 5.82 Å². The summed E-state index contributed by atoms with van der Waals surface area (Å²) in [6, 6.07) is 7.69. The predicted molar refractivity (Wildman–Crippen MR) is 137 cm³/mol. The molecule has 0 bridgehead atoms. The molecule has 2 N–H and O–H groups in total. The highest BCUT2D eigenvalue weighted by molar-refractivity contribution is 7.22. The van der Waals surface area contributed by atoms with Gasteiger partial charge in [-0.3, -0.25) is 10.2 Å². The fraction of sp³-hybridized carbons (Fsp3) is 0.435. The Morgan fingerprint density at radius 1 is 1.14 bits per heavy atom. The van der Waals surface area contributed by atoms with E-state index in [0.29, 0.717) is 45.1 Å². The highest BCUT2D eigenvalue weighted by Crippen LogP contribution is 2.30. The number of urea groups is 1. The van der Waals surface area contributed by atoms with Crippen molar-refractivity contribution in [2.45, 2.75) is 6.42 Å². The molecule has 3 heterocycles. The lowest BCUT2D eigenvalue weighted by atomic mass is 10.2. The van der Waals surface area contributed by atoms with Crippen LogP contribution in [0.25, 0.3) is 10.3 Å². The fourth-order valence-corrected chi connectivity index (χ4v) is 4.91. The number of rotatable bonds is 9. The van der Waals surface area contributed by atoms with E-state index in [9.17, 15) is 13.6 Å². The molecule has 12 heteroatoms. The van der Waals surface area contributed by atoms with Crippen LogP contribution in [-0.4, -0.2) is 85.3 Å². The van der Waals surface area contributed by atoms with Gasteiger partial charge in [-0.15, -0.1) is 0 Å². The Hall–Kier alpha value is -2.60. The smallest absolute Gasteiger partial charge is 0.321 e. The number of nitrogens with zero attached hydrogens (tertiary/aromatic N) is 5. The van der Waals surface area contributed by atoms with Crippen LogP contribution in [-0.2, 0) is 0 Å². The molecule has 4 rings (SSSR count). The number of thiazole rings is 1. The summed E-state index contributed by atoms with van der Waals surface area (Å²) in [7, 11) is 1.72. The van der Waals surface area contributed by atoms with Gasteiger partial charge in [0.25, 0.3) is 0 Å². The molecule has 8 nitrogen and oxygen atoms in total. The van der Waals surface area contributed by atoms with Crippen molar-refractivity contribution < 1.29 is 13.6 Å². The maximum absolute atomic E-state index is 14.3. The van der Waals surface area contributed by atoms with Gasteiger partial charge in [0.1, 0.15) is 28.7 Å². The number of carbonyl (C=O) groups is 1. The van der Waals surface area contributed by atoms with Crippen molar-refractivity contribution in [2.75, 3.05) is 69.8 Å². The summed E-state index contributed by atoms with van der Waals surface area (Å²) in [6.45, 7) is 5.26. The Labute approximate surface area is 211 Å². The third-order valence-corrected chi connectivity index (χ3v) is 6.99. The zero-order valence-electron chi connectivity index (χ0n) is 19.4. The molecule has 2 amide bonds. The molecule has 0 spiro atoms. The number of nitrogens with one attached hydrogen (secondary N) is 2. The lowest BCUT2D eigenvalue weighted by Crippen LogP contribution is -2.47. The van der Waals surface area contributed by atoms with Crippen molar-refractivity contribution in [1.82, 2.24) is 25.1 Å². The van der Waals surface area contributed by atoms with E-state index in [-0.39, 0.29) is 12.7 Å². The number of carbonyl (C=O) groups excluding carboxylic acids is 1. The van der Waals surface area contributed by atoms with E-state index in [2.05, 4.69) is 30.4 Å². The van der Waals surface area contributed by atoms with Crippen molar-refractivity contribution in [3.63, 3.8) is 0 Å². The molecular formula is C23H28ClF2N7OS. The maximum atomic E-state index is 14.3. The lowest BCUT2D eigenvalue weighted by Gasteiger charge is -2.34. The summed E-state index contributed by atoms with van der Waals surface area (Å²) in [5.74, 6) is 0.105. The SMILES string of the molecule is CN(c1ccc2nc(NC(=O)NCCCN3CCN(CCF)CC3)sc2n1)c1ccc(Cl)cc1F. The van der Waals surface area contributed by atoms with Crippen LogP contribution in [0.1, 0.15) is 6.42 Å². The van der Waals surface area contributed by atoms with Crippen LogP contribution >= 0.6 is 22.9 Å². The Bertz CT molecular complexity index is 1160. The largest absolute Gasteiger partial charge is 0.338 e. The number of pyridine rings is 1. The molecule has 1 aliphatic rings. The number of aromatic nitrogens is 2. The highest BCUT2D eigenvalue weighted by atomic mass is 35.5. The number of piperazine rings is 1. The lowest BCUT2D eigenvalue weighted by molar-refractivity contribution is 0.125. The molecule has 0 aliphatic carbocycles. The van der Waals surface area contributed by atoms with Gasteiger partial charge in [-0.1, -0.05) is 22.9 Å². The first kappa shape index (κ1) is 25.5. The average molecular weight is 524 g/mol. The Morgan fingerprint density at radius 2 is 1.89 bits per heavy atom. The van der Waals surface area contributed by atoms with E-state index in [1.54, 1.807) is 36.2 Å². The first-order chi connectivity index (χ1) is 16.9. The van der Waals surface area contributed by atoms with Gasteiger partial charge in [-0.05, 0) is 43.3 Å². The second-order valence-electron chi connectivity index (χ2n) is 8.27. The van der Waals surface area contributed by atoms with Gasteiger partial charge in [-0.25, -0.2) is 23.5 Å². The van der Waals surface area contributed by atoms with Crippen molar-refractivity contribution in [3.8, 4) is 0 Å². The van der Waals surface area contributed by atoms with E-state index in [1.165, 1.54) is 17.4 Å². The highest BCUT2D eigenvalue weighted by Gasteiger charge is 2.17. The topological polar surface area (TPSA) is 76.6 Å². The molecule has 2 aromatic heterocycles. The summed E-state index contributed by atoms with van der Waals surface area (Å²) in [4.78, 5) is 28.0. The second-order valence-corrected chi connectivity index (χ2v) is 9.69. The van der Waals surface area contributed by atoms with E-state index in [0.717, 1.165) is 39.1 Å². The van der Waals surface area contributed by atoms with Crippen molar-refractivity contribution in [1.29, 1.82) is 0 Å². The maximum Gasteiger partial charge on any atom is 0.321 e. The number of amides is 2. The quantitative estimate of drug-likeness (QED) is 0.406. The van der Waals surface area contributed by atoms with Crippen molar-refractivity contribution >= 4 is 56.0 Å². The molecule has 0 radical (unpaired) electrons. The fourth-order valence-electron chi connectivity index (χ4n) is 3.93.